The number of benzene rings is 1. The molecule has 2 N–H and O–H groups in total. The molecule has 0 radical (unpaired) electrons. The van der Waals surface area contributed by atoms with E-state index < -0.39 is 11.5 Å². The first-order valence-electron chi connectivity index (χ1n) is 5.80. The molecule has 0 heterocycles. The van der Waals surface area contributed by atoms with Crippen LogP contribution in [-0.2, 0) is 10.2 Å². The molecule has 0 spiro atoms. The van der Waals surface area contributed by atoms with Gasteiger partial charge in [0, 0.05) is 12.0 Å². The molecule has 0 aliphatic carbocycles. The standard InChI is InChI=1S/C14H21NO2/c1-13(2,11-8-6-5-7-9-11)10-15-14(3,4)12(16)17/h5-9,15H,10H2,1-4H3,(H,16,17). The second kappa shape index (κ2) is 4.88. The smallest absolute Gasteiger partial charge is 0.323 e. The van der Waals surface area contributed by atoms with Crippen LogP contribution in [0.25, 0.3) is 0 Å². The van der Waals surface area contributed by atoms with Crippen molar-refractivity contribution in [2.75, 3.05) is 6.54 Å². The molecule has 0 atom stereocenters. The van der Waals surface area contributed by atoms with E-state index >= 15 is 0 Å². The van der Waals surface area contributed by atoms with Crippen LogP contribution in [-0.4, -0.2) is 23.2 Å². The predicted octanol–water partition coefficient (Wildman–Crippen LogP) is 2.42. The third-order valence-electron chi connectivity index (χ3n) is 3.06. The molecule has 1 aromatic carbocycles. The van der Waals surface area contributed by atoms with Gasteiger partial charge in [-0.25, -0.2) is 0 Å². The van der Waals surface area contributed by atoms with Crippen LogP contribution < -0.4 is 5.32 Å². The van der Waals surface area contributed by atoms with Crippen LogP contribution in [0.3, 0.4) is 0 Å². The van der Waals surface area contributed by atoms with Crippen molar-refractivity contribution in [1.29, 1.82) is 0 Å². The number of carboxylic acids is 1. The van der Waals surface area contributed by atoms with Crippen molar-refractivity contribution in [3.8, 4) is 0 Å². The summed E-state index contributed by atoms with van der Waals surface area (Å²) in [6, 6.07) is 10.1. The number of carbonyl (C=O) groups is 1. The van der Waals surface area contributed by atoms with Crippen molar-refractivity contribution >= 4 is 5.97 Å². The van der Waals surface area contributed by atoms with Gasteiger partial charge in [-0.05, 0) is 19.4 Å². The van der Waals surface area contributed by atoms with Crippen molar-refractivity contribution < 1.29 is 9.90 Å². The summed E-state index contributed by atoms with van der Waals surface area (Å²) in [6.07, 6.45) is 0. The highest BCUT2D eigenvalue weighted by Crippen LogP contribution is 2.22. The number of rotatable bonds is 5. The van der Waals surface area contributed by atoms with E-state index in [1.165, 1.54) is 5.56 Å². The van der Waals surface area contributed by atoms with E-state index in [0.717, 1.165) is 0 Å². The largest absolute Gasteiger partial charge is 0.480 e. The van der Waals surface area contributed by atoms with Crippen molar-refractivity contribution in [3.63, 3.8) is 0 Å². The Morgan fingerprint density at radius 3 is 2.18 bits per heavy atom. The first-order valence-corrected chi connectivity index (χ1v) is 5.80. The summed E-state index contributed by atoms with van der Waals surface area (Å²) in [5.74, 6) is -0.832. The van der Waals surface area contributed by atoms with Crippen LogP contribution in [0, 0.1) is 0 Å². The fourth-order valence-electron chi connectivity index (χ4n) is 1.51. The van der Waals surface area contributed by atoms with Crippen LogP contribution in [0.4, 0.5) is 0 Å². The molecule has 1 rings (SSSR count). The highest BCUT2D eigenvalue weighted by Gasteiger charge is 2.30. The number of hydrogen-bond donors (Lipinski definition) is 2. The second-order valence-electron chi connectivity index (χ2n) is 5.53. The Morgan fingerprint density at radius 2 is 1.71 bits per heavy atom. The molecule has 1 aromatic rings. The van der Waals surface area contributed by atoms with E-state index in [1.807, 2.05) is 18.2 Å². The van der Waals surface area contributed by atoms with E-state index in [1.54, 1.807) is 13.8 Å². The maximum Gasteiger partial charge on any atom is 0.323 e. The SMILES string of the molecule is CC(C)(NCC(C)(C)c1ccccc1)C(=O)O. The lowest BCUT2D eigenvalue weighted by Gasteiger charge is -2.30. The summed E-state index contributed by atoms with van der Waals surface area (Å²) in [6.45, 7) is 8.18. The fraction of sp³-hybridized carbons (Fsp3) is 0.500. The van der Waals surface area contributed by atoms with Crippen LogP contribution in [0.15, 0.2) is 30.3 Å². The lowest BCUT2D eigenvalue weighted by molar-refractivity contribution is -0.143. The van der Waals surface area contributed by atoms with E-state index in [-0.39, 0.29) is 5.41 Å². The molecule has 0 aliphatic rings. The van der Waals surface area contributed by atoms with Gasteiger partial charge in [0.2, 0.25) is 0 Å². The van der Waals surface area contributed by atoms with Gasteiger partial charge >= 0.3 is 5.97 Å². The summed E-state index contributed by atoms with van der Waals surface area (Å²) in [4.78, 5) is 11.0. The van der Waals surface area contributed by atoms with E-state index in [4.69, 9.17) is 5.11 Å². The van der Waals surface area contributed by atoms with Crippen molar-refractivity contribution in [2.24, 2.45) is 0 Å². The molecule has 3 heteroatoms. The minimum absolute atomic E-state index is 0.0893. The number of aliphatic carboxylic acids is 1. The normalized spacial score (nSPS) is 12.5. The van der Waals surface area contributed by atoms with Gasteiger partial charge in [-0.15, -0.1) is 0 Å². The number of carboxylic acid groups (broad SMARTS) is 1. The first kappa shape index (κ1) is 13.7. The lowest BCUT2D eigenvalue weighted by Crippen LogP contribution is -2.50. The average molecular weight is 235 g/mol. The molecule has 94 valence electrons. The zero-order valence-corrected chi connectivity index (χ0v) is 10.9. The first-order chi connectivity index (χ1) is 7.76. The maximum atomic E-state index is 11.0. The summed E-state index contributed by atoms with van der Waals surface area (Å²) >= 11 is 0. The lowest BCUT2D eigenvalue weighted by atomic mass is 9.84. The zero-order valence-electron chi connectivity index (χ0n) is 10.9. The molecule has 0 aromatic heterocycles. The minimum atomic E-state index is -0.897. The molecule has 17 heavy (non-hydrogen) atoms. The molecule has 0 unspecified atom stereocenters. The van der Waals surface area contributed by atoms with E-state index in [2.05, 4.69) is 31.3 Å². The van der Waals surface area contributed by atoms with Gasteiger partial charge in [0.15, 0.2) is 0 Å². The summed E-state index contributed by atoms with van der Waals surface area (Å²) < 4.78 is 0. The molecular formula is C14H21NO2. The summed E-state index contributed by atoms with van der Waals surface area (Å²) in [5.41, 5.74) is 0.216. The van der Waals surface area contributed by atoms with Crippen LogP contribution >= 0.6 is 0 Å². The monoisotopic (exact) mass is 235 g/mol. The number of nitrogens with one attached hydrogen (secondary N) is 1. The van der Waals surface area contributed by atoms with Crippen LogP contribution in [0.1, 0.15) is 33.3 Å². The molecule has 0 aliphatic heterocycles. The Kier molecular flexibility index (Phi) is 3.94. The van der Waals surface area contributed by atoms with Gasteiger partial charge in [-0.1, -0.05) is 44.2 Å². The maximum absolute atomic E-state index is 11.0. The van der Waals surface area contributed by atoms with E-state index in [9.17, 15) is 4.79 Å². The third-order valence-corrected chi connectivity index (χ3v) is 3.06. The Balaban J connectivity index is 2.72. The van der Waals surface area contributed by atoms with Crippen LogP contribution in [0.2, 0.25) is 0 Å². The summed E-state index contributed by atoms with van der Waals surface area (Å²) in [5, 5.41) is 12.1. The minimum Gasteiger partial charge on any atom is -0.480 e. The van der Waals surface area contributed by atoms with E-state index in [0.29, 0.717) is 6.54 Å². The number of hydrogen-bond acceptors (Lipinski definition) is 2. The van der Waals surface area contributed by atoms with Gasteiger partial charge < -0.3 is 10.4 Å². The van der Waals surface area contributed by atoms with Gasteiger partial charge in [-0.2, -0.15) is 0 Å². The Hall–Kier alpha value is -1.35. The zero-order chi connectivity index (χ0) is 13.1. The molecule has 0 saturated heterocycles. The molecule has 0 amide bonds. The second-order valence-corrected chi connectivity index (χ2v) is 5.53. The molecule has 0 saturated carbocycles. The topological polar surface area (TPSA) is 49.3 Å². The van der Waals surface area contributed by atoms with Crippen LogP contribution in [0.5, 0.6) is 0 Å². The average Bonchev–Trinajstić information content (AvgIpc) is 2.28. The van der Waals surface area contributed by atoms with Gasteiger partial charge in [-0.3, -0.25) is 4.79 Å². The fourth-order valence-corrected chi connectivity index (χ4v) is 1.51. The highest BCUT2D eigenvalue weighted by molar-refractivity contribution is 5.77. The third kappa shape index (κ3) is 3.56. The molecule has 0 fully saturated rings. The van der Waals surface area contributed by atoms with Crippen molar-refractivity contribution in [3.05, 3.63) is 35.9 Å². The Labute approximate surface area is 103 Å². The van der Waals surface area contributed by atoms with Crippen molar-refractivity contribution in [2.45, 2.75) is 38.6 Å². The molecule has 3 nitrogen and oxygen atoms in total. The Bertz CT molecular complexity index is 382. The Morgan fingerprint density at radius 1 is 1.18 bits per heavy atom. The van der Waals surface area contributed by atoms with Gasteiger partial charge in [0.25, 0.3) is 0 Å². The summed E-state index contributed by atoms with van der Waals surface area (Å²) in [7, 11) is 0. The van der Waals surface area contributed by atoms with Crippen molar-refractivity contribution in [1.82, 2.24) is 5.32 Å². The molecule has 0 bridgehead atoms. The van der Waals surface area contributed by atoms with Gasteiger partial charge in [0.05, 0.1) is 0 Å². The van der Waals surface area contributed by atoms with Gasteiger partial charge in [0.1, 0.15) is 5.54 Å². The quantitative estimate of drug-likeness (QED) is 0.824. The predicted molar refractivity (Wildman–Crippen MR) is 69.2 cm³/mol. The molecular weight excluding hydrogens is 214 g/mol. The highest BCUT2D eigenvalue weighted by atomic mass is 16.4.